The van der Waals surface area contributed by atoms with Crippen LogP contribution >= 0.6 is 0 Å². The van der Waals surface area contributed by atoms with E-state index >= 15 is 0 Å². The fourth-order valence-electron chi connectivity index (χ4n) is 2.01. The summed E-state index contributed by atoms with van der Waals surface area (Å²) in [6.07, 6.45) is -8.75. The molecule has 0 amide bonds. The predicted molar refractivity (Wildman–Crippen MR) is 110 cm³/mol. The number of alkyl halides is 6. The van der Waals surface area contributed by atoms with Crippen molar-refractivity contribution in [2.75, 3.05) is 0 Å². The van der Waals surface area contributed by atoms with Crippen LogP contribution in [0.15, 0.2) is 109 Å². The molecule has 0 aliphatic rings. The summed E-state index contributed by atoms with van der Waals surface area (Å²) in [6.45, 7) is 0. The first-order chi connectivity index (χ1) is 15.0. The number of hydrogen-bond acceptors (Lipinski definition) is 2. The van der Waals surface area contributed by atoms with Gasteiger partial charge in [-0.2, -0.15) is 62.7 Å². The van der Waals surface area contributed by atoms with Crippen LogP contribution in [-0.2, 0) is 38.6 Å². The second-order valence-corrected chi connectivity index (χ2v) is 6.02. The third kappa shape index (κ3) is 14.1. The molecule has 0 heterocycles. The van der Waals surface area contributed by atoms with E-state index in [0.29, 0.717) is 12.1 Å². The Hall–Kier alpha value is -2.80. The fourth-order valence-corrected chi connectivity index (χ4v) is 2.01. The molecule has 4 aromatic rings. The van der Waals surface area contributed by atoms with Crippen molar-refractivity contribution < 1.29 is 62.8 Å². The van der Waals surface area contributed by atoms with E-state index in [1.165, 1.54) is 12.1 Å². The van der Waals surface area contributed by atoms with Crippen molar-refractivity contribution in [3.05, 3.63) is 120 Å². The van der Waals surface area contributed by atoms with Gasteiger partial charge < -0.3 is 10.2 Å². The SMILES string of the molecule is Oc1cccc(C(F)(F)F)c1.Oc1cccc(C(F)(F)F)c1.[Zr+2].c1cc[cH-]c1.c1cc[cH-]c1. The maximum atomic E-state index is 11.9. The van der Waals surface area contributed by atoms with Crippen LogP contribution in [0.4, 0.5) is 26.3 Å². The molecule has 0 aromatic heterocycles. The molecule has 0 saturated heterocycles. The van der Waals surface area contributed by atoms with Gasteiger partial charge in [-0.3, -0.25) is 0 Å². The van der Waals surface area contributed by atoms with Gasteiger partial charge in [0.1, 0.15) is 11.5 Å². The molecular weight excluding hydrogens is 525 g/mol. The number of phenols is 2. The molecule has 2 N–H and O–H groups in total. The molecule has 9 heteroatoms. The number of aromatic hydroxyl groups is 2. The summed E-state index contributed by atoms with van der Waals surface area (Å²) in [6, 6.07) is 27.8. The summed E-state index contributed by atoms with van der Waals surface area (Å²) >= 11 is 0. The van der Waals surface area contributed by atoms with Crippen LogP contribution in [0.5, 0.6) is 11.5 Å². The van der Waals surface area contributed by atoms with E-state index in [-0.39, 0.29) is 37.7 Å². The van der Waals surface area contributed by atoms with Crippen molar-refractivity contribution >= 4 is 0 Å². The largest absolute Gasteiger partial charge is 2.00 e. The maximum absolute atomic E-state index is 11.9. The summed E-state index contributed by atoms with van der Waals surface area (Å²) in [5.41, 5.74) is -1.67. The Morgan fingerprint density at radius 3 is 0.970 bits per heavy atom. The summed E-state index contributed by atoms with van der Waals surface area (Å²) in [5, 5.41) is 17.4. The molecule has 0 saturated carbocycles. The summed E-state index contributed by atoms with van der Waals surface area (Å²) in [5.74, 6) is -0.750. The Kier molecular flexibility index (Phi) is 13.8. The molecule has 0 radical (unpaired) electrons. The van der Waals surface area contributed by atoms with Crippen LogP contribution in [0.25, 0.3) is 0 Å². The second-order valence-electron chi connectivity index (χ2n) is 6.02. The molecule has 174 valence electrons. The van der Waals surface area contributed by atoms with Crippen molar-refractivity contribution in [1.82, 2.24) is 0 Å². The zero-order valence-corrected chi connectivity index (χ0v) is 19.5. The zero-order valence-electron chi connectivity index (χ0n) is 17.1. The summed E-state index contributed by atoms with van der Waals surface area (Å²) in [7, 11) is 0. The summed E-state index contributed by atoms with van der Waals surface area (Å²) in [4.78, 5) is 0. The van der Waals surface area contributed by atoms with Crippen molar-refractivity contribution in [3.8, 4) is 11.5 Å². The van der Waals surface area contributed by atoms with Gasteiger partial charge in [0.15, 0.2) is 0 Å². The van der Waals surface area contributed by atoms with Gasteiger partial charge in [0.2, 0.25) is 0 Å². The van der Waals surface area contributed by atoms with Crippen molar-refractivity contribution in [2.45, 2.75) is 12.4 Å². The van der Waals surface area contributed by atoms with Gasteiger partial charge in [0, 0.05) is 0 Å². The van der Waals surface area contributed by atoms with Crippen molar-refractivity contribution in [3.63, 3.8) is 0 Å². The van der Waals surface area contributed by atoms with E-state index in [2.05, 4.69) is 0 Å². The van der Waals surface area contributed by atoms with Crippen LogP contribution in [-0.4, -0.2) is 10.2 Å². The first-order valence-corrected chi connectivity index (χ1v) is 9.06. The quantitative estimate of drug-likeness (QED) is 0.176. The van der Waals surface area contributed by atoms with Crippen LogP contribution in [0.3, 0.4) is 0 Å². The Morgan fingerprint density at radius 1 is 0.515 bits per heavy atom. The van der Waals surface area contributed by atoms with Crippen LogP contribution in [0.2, 0.25) is 0 Å². The van der Waals surface area contributed by atoms with E-state index in [1.807, 2.05) is 60.7 Å². The fraction of sp³-hybridized carbons (Fsp3) is 0.0833. The monoisotopic (exact) mass is 544 g/mol. The Labute approximate surface area is 206 Å². The first kappa shape index (κ1) is 30.2. The molecule has 4 aromatic carbocycles. The topological polar surface area (TPSA) is 40.5 Å². The standard InChI is InChI=1S/2C7H5F3O.2C5H5.Zr/c2*8-7(9,10)5-2-1-3-6(11)4-5;2*1-2-4-5-3-1;/h2*1-4,11H;2*1-5H;/q;;2*-1;+2. The van der Waals surface area contributed by atoms with E-state index in [9.17, 15) is 26.3 Å². The van der Waals surface area contributed by atoms with E-state index in [4.69, 9.17) is 10.2 Å². The molecule has 0 spiro atoms. The van der Waals surface area contributed by atoms with Gasteiger partial charge in [0.25, 0.3) is 0 Å². The predicted octanol–water partition coefficient (Wildman–Crippen LogP) is 7.63. The van der Waals surface area contributed by atoms with Crippen LogP contribution in [0, 0.1) is 0 Å². The van der Waals surface area contributed by atoms with Gasteiger partial charge in [-0.05, 0) is 36.4 Å². The number of rotatable bonds is 0. The van der Waals surface area contributed by atoms with Gasteiger partial charge >= 0.3 is 38.6 Å². The Bertz CT molecular complexity index is 863. The smallest absolute Gasteiger partial charge is 0.508 e. The molecule has 2 nitrogen and oxygen atoms in total. The molecule has 0 fully saturated rings. The zero-order chi connectivity index (χ0) is 24.0. The van der Waals surface area contributed by atoms with Crippen LogP contribution in [0.1, 0.15) is 11.1 Å². The normalized spacial score (nSPS) is 10.1. The van der Waals surface area contributed by atoms with E-state index < -0.39 is 23.5 Å². The molecule has 0 unspecified atom stereocenters. The minimum Gasteiger partial charge on any atom is -0.508 e. The first-order valence-electron chi connectivity index (χ1n) is 9.06. The summed E-state index contributed by atoms with van der Waals surface area (Å²) < 4.78 is 71.1. The molecule has 0 atom stereocenters. The molecule has 0 aliphatic carbocycles. The molecule has 0 bridgehead atoms. The Balaban J connectivity index is 0.000000434. The molecule has 0 aliphatic heterocycles. The van der Waals surface area contributed by atoms with Gasteiger partial charge in [-0.1, -0.05) is 12.1 Å². The molecule has 33 heavy (non-hydrogen) atoms. The number of halogens is 6. The van der Waals surface area contributed by atoms with Crippen molar-refractivity contribution in [2.24, 2.45) is 0 Å². The average molecular weight is 546 g/mol. The third-order valence-electron chi connectivity index (χ3n) is 3.46. The van der Waals surface area contributed by atoms with Gasteiger partial charge in [-0.15, -0.1) is 0 Å². The van der Waals surface area contributed by atoms with Gasteiger partial charge in [-0.25, -0.2) is 24.3 Å². The second kappa shape index (κ2) is 15.1. The number of benzene rings is 2. The van der Waals surface area contributed by atoms with Crippen LogP contribution < -0.4 is 0 Å². The molecular formula is C24H20F6O2Zr. The van der Waals surface area contributed by atoms with Crippen molar-refractivity contribution in [1.29, 1.82) is 0 Å². The number of phenolic OH excluding ortho intramolecular Hbond substituents is 2. The van der Waals surface area contributed by atoms with E-state index in [1.54, 1.807) is 0 Å². The Morgan fingerprint density at radius 2 is 0.818 bits per heavy atom. The van der Waals surface area contributed by atoms with E-state index in [0.717, 1.165) is 24.3 Å². The average Bonchev–Trinajstić information content (AvgIpc) is 3.46. The number of hydrogen-bond donors (Lipinski definition) is 2. The maximum Gasteiger partial charge on any atom is 2.00 e. The third-order valence-corrected chi connectivity index (χ3v) is 3.46. The minimum atomic E-state index is -4.38. The minimum absolute atomic E-state index is 0. The molecule has 4 rings (SSSR count). The van der Waals surface area contributed by atoms with Gasteiger partial charge in [0.05, 0.1) is 11.1 Å².